The number of nitrogens with zero attached hydrogens (tertiary/aromatic N) is 1. The summed E-state index contributed by atoms with van der Waals surface area (Å²) in [7, 11) is -2.63. The molecule has 0 aromatic heterocycles. The molecule has 1 atom stereocenters. The van der Waals surface area contributed by atoms with Crippen LogP contribution in [0.25, 0.3) is 0 Å². The first kappa shape index (κ1) is 17.6. The average molecular weight is 364 g/mol. The molecule has 0 fully saturated rings. The molecule has 6 nitrogen and oxygen atoms in total. The Balaban J connectivity index is 2.52. The van der Waals surface area contributed by atoms with Gasteiger partial charge in [-0.15, -0.1) is 0 Å². The summed E-state index contributed by atoms with van der Waals surface area (Å²) >= 11 is 5.71. The Morgan fingerprint density at radius 3 is 2.61 bits per heavy atom. The molecule has 0 spiro atoms. The van der Waals surface area contributed by atoms with E-state index in [1.54, 1.807) is 0 Å². The van der Waals surface area contributed by atoms with Crippen molar-refractivity contribution in [3.8, 4) is 0 Å². The fraction of sp³-hybridized carbons (Fsp3) is 0.357. The molecule has 1 aliphatic rings. The molecule has 9 heteroatoms. The zero-order valence-electron chi connectivity index (χ0n) is 12.6. The summed E-state index contributed by atoms with van der Waals surface area (Å²) in [6.07, 6.45) is 0. The number of carbonyl (C=O) groups is 1. The molecule has 1 N–H and O–H groups in total. The second kappa shape index (κ2) is 5.68. The highest BCUT2D eigenvalue weighted by Crippen LogP contribution is 2.41. The van der Waals surface area contributed by atoms with E-state index in [4.69, 9.17) is 16.3 Å². The van der Waals surface area contributed by atoms with E-state index >= 15 is 0 Å². The molecule has 0 bridgehead atoms. The number of Topliss-reactive ketones (excluding diaryl/α,β-unsaturated/α-hetero) is 1. The molecule has 1 unspecified atom stereocenters. The second-order valence-electron chi connectivity index (χ2n) is 5.09. The van der Waals surface area contributed by atoms with Crippen molar-refractivity contribution < 1.29 is 27.4 Å². The van der Waals surface area contributed by atoms with Crippen molar-refractivity contribution in [1.82, 2.24) is 4.31 Å². The number of ketones is 1. The van der Waals surface area contributed by atoms with Gasteiger partial charge in [-0.05, 0) is 19.9 Å². The van der Waals surface area contributed by atoms with E-state index in [1.165, 1.54) is 32.0 Å². The Morgan fingerprint density at radius 2 is 2.04 bits per heavy atom. The van der Waals surface area contributed by atoms with Crippen LogP contribution in [0.1, 0.15) is 19.4 Å². The summed E-state index contributed by atoms with van der Waals surface area (Å²) in [5.41, 5.74) is -2.11. The highest BCUT2D eigenvalue weighted by Gasteiger charge is 2.51. The predicted octanol–water partition coefficient (Wildman–Crippen LogP) is 2.30. The molecular weight excluding hydrogens is 349 g/mol. The number of benzene rings is 1. The van der Waals surface area contributed by atoms with E-state index in [0.29, 0.717) is 4.31 Å². The first-order valence-corrected chi connectivity index (χ1v) is 8.63. The average Bonchev–Trinajstić information content (AvgIpc) is 2.74. The first-order valence-electron chi connectivity index (χ1n) is 6.64. The maximum Gasteiger partial charge on any atom is 0.251 e. The lowest BCUT2D eigenvalue weighted by Crippen LogP contribution is -2.34. The van der Waals surface area contributed by atoms with Gasteiger partial charge in [-0.1, -0.05) is 23.7 Å². The van der Waals surface area contributed by atoms with Gasteiger partial charge in [-0.25, -0.2) is 17.1 Å². The van der Waals surface area contributed by atoms with Crippen LogP contribution in [0, 0.1) is 5.82 Å². The van der Waals surface area contributed by atoms with E-state index in [1.807, 2.05) is 0 Å². The van der Waals surface area contributed by atoms with Gasteiger partial charge in [0.15, 0.2) is 0 Å². The lowest BCUT2D eigenvalue weighted by molar-refractivity contribution is -0.132. The minimum Gasteiger partial charge on any atom is -0.501 e. The van der Waals surface area contributed by atoms with Crippen molar-refractivity contribution in [1.29, 1.82) is 0 Å². The Morgan fingerprint density at radius 1 is 1.43 bits per heavy atom. The maximum atomic E-state index is 14.2. The van der Waals surface area contributed by atoms with E-state index in [-0.39, 0.29) is 16.3 Å². The zero-order valence-corrected chi connectivity index (χ0v) is 14.2. The first-order chi connectivity index (χ1) is 10.6. The van der Waals surface area contributed by atoms with Crippen LogP contribution in [0.15, 0.2) is 29.8 Å². The Hall–Kier alpha value is -1.80. The smallest absolute Gasteiger partial charge is 0.251 e. The van der Waals surface area contributed by atoms with Crippen LogP contribution in [-0.2, 0) is 25.2 Å². The number of hydrogen-bond acceptors (Lipinski definition) is 5. The number of rotatable bonds is 4. The summed E-state index contributed by atoms with van der Waals surface area (Å²) in [6, 6.07) is 4.00. The van der Waals surface area contributed by atoms with Gasteiger partial charge >= 0.3 is 0 Å². The third-order valence-corrected chi connectivity index (χ3v) is 5.71. The van der Waals surface area contributed by atoms with Crippen LogP contribution >= 0.6 is 11.6 Å². The Labute approximate surface area is 138 Å². The summed E-state index contributed by atoms with van der Waals surface area (Å²) < 4.78 is 44.1. The van der Waals surface area contributed by atoms with Crippen molar-refractivity contribution in [2.45, 2.75) is 19.4 Å². The van der Waals surface area contributed by atoms with Gasteiger partial charge in [-0.3, -0.25) is 4.79 Å². The molecule has 0 aliphatic carbocycles. The third kappa shape index (κ3) is 2.66. The van der Waals surface area contributed by atoms with E-state index in [0.717, 1.165) is 7.05 Å². The largest absolute Gasteiger partial charge is 0.501 e. The standard InChI is InChI=1S/C14H15ClFNO5S/c1-4-23(20,21)17(3)13-11(18)12(19)14(2,22-13)8-6-5-7-9(15)10(8)16/h5-7,18H,4H2,1-3H3. The van der Waals surface area contributed by atoms with Crippen LogP contribution in [-0.4, -0.2) is 36.4 Å². The number of aliphatic hydroxyl groups excluding tert-OH is 1. The van der Waals surface area contributed by atoms with Crippen molar-refractivity contribution in [2.75, 3.05) is 12.8 Å². The van der Waals surface area contributed by atoms with Crippen LogP contribution in [0.3, 0.4) is 0 Å². The summed E-state index contributed by atoms with van der Waals surface area (Å²) in [5.74, 6) is -3.52. The Kier molecular flexibility index (Phi) is 4.34. The number of carbonyl (C=O) groups excluding carboxylic acids is 1. The van der Waals surface area contributed by atoms with E-state index in [9.17, 15) is 22.7 Å². The molecule has 0 amide bonds. The van der Waals surface area contributed by atoms with Crippen molar-refractivity contribution >= 4 is 27.4 Å². The number of halogens is 2. The van der Waals surface area contributed by atoms with Crippen molar-refractivity contribution in [3.63, 3.8) is 0 Å². The Bertz CT molecular complexity index is 807. The number of aliphatic hydroxyl groups is 1. The summed E-state index contributed by atoms with van der Waals surface area (Å²) in [4.78, 5) is 12.4. The lowest BCUT2D eigenvalue weighted by atomic mass is 9.91. The SMILES string of the molecule is CCS(=O)(=O)N(C)C1=C(O)C(=O)C(C)(c2cccc(Cl)c2F)O1. The number of ether oxygens (including phenoxy) is 1. The van der Waals surface area contributed by atoms with E-state index < -0.39 is 38.9 Å². The van der Waals surface area contributed by atoms with Gasteiger partial charge in [0.1, 0.15) is 5.82 Å². The fourth-order valence-corrected chi connectivity index (χ4v) is 3.13. The second-order valence-corrected chi connectivity index (χ2v) is 7.78. The van der Waals surface area contributed by atoms with Crippen LogP contribution in [0.4, 0.5) is 4.39 Å². The van der Waals surface area contributed by atoms with Crippen molar-refractivity contribution in [2.24, 2.45) is 0 Å². The van der Waals surface area contributed by atoms with Crippen molar-refractivity contribution in [3.05, 3.63) is 46.2 Å². The molecule has 1 heterocycles. The molecule has 1 aromatic rings. The topological polar surface area (TPSA) is 83.9 Å². The molecule has 0 saturated carbocycles. The zero-order chi connectivity index (χ0) is 17.6. The van der Waals surface area contributed by atoms with Crippen LogP contribution in [0.5, 0.6) is 0 Å². The number of sulfonamides is 1. The molecule has 2 rings (SSSR count). The predicted molar refractivity (Wildman–Crippen MR) is 81.7 cm³/mol. The maximum absolute atomic E-state index is 14.2. The molecule has 0 radical (unpaired) electrons. The summed E-state index contributed by atoms with van der Waals surface area (Å²) in [5, 5.41) is 9.77. The molecule has 0 saturated heterocycles. The minimum absolute atomic E-state index is 0.196. The van der Waals surface area contributed by atoms with Gasteiger partial charge in [0.2, 0.25) is 21.4 Å². The molecule has 1 aromatic carbocycles. The minimum atomic E-state index is -3.77. The van der Waals surface area contributed by atoms with E-state index in [2.05, 4.69) is 0 Å². The monoisotopic (exact) mass is 363 g/mol. The highest BCUT2D eigenvalue weighted by molar-refractivity contribution is 7.89. The molecule has 23 heavy (non-hydrogen) atoms. The van der Waals surface area contributed by atoms with Crippen LogP contribution in [0.2, 0.25) is 5.02 Å². The van der Waals surface area contributed by atoms with Gasteiger partial charge in [0, 0.05) is 12.6 Å². The highest BCUT2D eigenvalue weighted by atomic mass is 35.5. The molecular formula is C14H15ClFNO5S. The van der Waals surface area contributed by atoms with Gasteiger partial charge in [0.25, 0.3) is 11.7 Å². The van der Waals surface area contributed by atoms with Crippen LogP contribution < -0.4 is 0 Å². The number of hydrogen-bond donors (Lipinski definition) is 1. The van der Waals surface area contributed by atoms with Gasteiger partial charge in [-0.2, -0.15) is 0 Å². The van der Waals surface area contributed by atoms with Gasteiger partial charge < -0.3 is 9.84 Å². The normalized spacial score (nSPS) is 21.5. The summed E-state index contributed by atoms with van der Waals surface area (Å²) in [6.45, 7) is 2.63. The molecule has 1 aliphatic heterocycles. The van der Waals surface area contributed by atoms with Gasteiger partial charge in [0.05, 0.1) is 10.8 Å². The lowest BCUT2D eigenvalue weighted by Gasteiger charge is -2.26. The quantitative estimate of drug-likeness (QED) is 0.887. The fourth-order valence-electron chi connectivity index (χ4n) is 2.19. The third-order valence-electron chi connectivity index (χ3n) is 3.69. The molecule has 126 valence electrons.